The van der Waals surface area contributed by atoms with Crippen molar-refractivity contribution < 1.29 is 5.11 Å². The van der Waals surface area contributed by atoms with Crippen molar-refractivity contribution in [2.45, 2.75) is 38.8 Å². The van der Waals surface area contributed by atoms with Crippen LogP contribution in [-0.2, 0) is 0 Å². The normalized spacial score (nSPS) is 17.7. The van der Waals surface area contributed by atoms with E-state index < -0.39 is 0 Å². The molecule has 2 aromatic rings. The molecule has 1 aliphatic rings. The summed E-state index contributed by atoms with van der Waals surface area (Å²) in [6, 6.07) is 4.87. The van der Waals surface area contributed by atoms with Crippen LogP contribution in [0.25, 0.3) is 11.4 Å². The molecule has 142 valence electrons. The van der Waals surface area contributed by atoms with E-state index in [1.165, 1.54) is 6.07 Å². The van der Waals surface area contributed by atoms with Crippen LogP contribution in [0.2, 0.25) is 0 Å². The average molecular weight is 367 g/mol. The van der Waals surface area contributed by atoms with Gasteiger partial charge in [-0.15, -0.1) is 16.6 Å². The van der Waals surface area contributed by atoms with Gasteiger partial charge in [-0.1, -0.05) is 5.92 Å². The first kappa shape index (κ1) is 18.9. The van der Waals surface area contributed by atoms with E-state index in [-0.39, 0.29) is 29.2 Å². The summed E-state index contributed by atoms with van der Waals surface area (Å²) in [6.45, 7) is 5.72. The number of phenols is 1. The highest BCUT2D eigenvalue weighted by atomic mass is 16.3. The first-order valence-corrected chi connectivity index (χ1v) is 9.15. The van der Waals surface area contributed by atoms with E-state index in [0.29, 0.717) is 17.0 Å². The third-order valence-corrected chi connectivity index (χ3v) is 4.78. The zero-order valence-corrected chi connectivity index (χ0v) is 15.9. The van der Waals surface area contributed by atoms with Gasteiger partial charge in [-0.05, 0) is 58.5 Å². The number of nitrogens with one attached hydrogen (secondary N) is 1. The summed E-state index contributed by atoms with van der Waals surface area (Å²) >= 11 is 0. The zero-order chi connectivity index (χ0) is 19.6. The molecule has 2 heterocycles. The van der Waals surface area contributed by atoms with Crippen molar-refractivity contribution in [3.8, 4) is 29.5 Å². The Labute approximate surface area is 159 Å². The van der Waals surface area contributed by atoms with Gasteiger partial charge < -0.3 is 15.3 Å². The van der Waals surface area contributed by atoms with Gasteiger partial charge in [0.15, 0.2) is 5.82 Å². The Morgan fingerprint density at radius 2 is 2.15 bits per heavy atom. The van der Waals surface area contributed by atoms with E-state index in [1.807, 2.05) is 13.8 Å². The molecule has 3 rings (SSSR count). The van der Waals surface area contributed by atoms with E-state index in [2.05, 4.69) is 33.4 Å². The number of hydrogen-bond donors (Lipinski definition) is 2. The smallest absolute Gasteiger partial charge is 0.297 e. The molecule has 1 aliphatic heterocycles. The maximum Gasteiger partial charge on any atom is 0.297 e. The second-order valence-electron chi connectivity index (χ2n) is 7.26. The number of aromatic hydroxyl groups is 1. The monoisotopic (exact) mass is 367 g/mol. The molecule has 0 radical (unpaired) electrons. The number of hydrogen-bond acceptors (Lipinski definition) is 6. The highest BCUT2D eigenvalue weighted by Gasteiger charge is 2.22. The molecule has 0 spiro atoms. The maximum atomic E-state index is 13.1. The molecule has 1 saturated heterocycles. The number of anilines is 1. The van der Waals surface area contributed by atoms with E-state index in [4.69, 9.17) is 6.42 Å². The summed E-state index contributed by atoms with van der Waals surface area (Å²) in [6.07, 6.45) is 7.44. The second kappa shape index (κ2) is 7.80. The van der Waals surface area contributed by atoms with Gasteiger partial charge in [0.05, 0.1) is 5.56 Å². The minimum absolute atomic E-state index is 0.0248. The van der Waals surface area contributed by atoms with Crippen molar-refractivity contribution in [2.75, 3.05) is 25.5 Å². The fourth-order valence-electron chi connectivity index (χ4n) is 3.44. The number of nitrogens with zero attached hydrogens (tertiary/aromatic N) is 4. The van der Waals surface area contributed by atoms with Crippen LogP contribution in [0.5, 0.6) is 5.75 Å². The van der Waals surface area contributed by atoms with Gasteiger partial charge >= 0.3 is 0 Å². The number of likely N-dealkylation sites (tertiary alicyclic amines) is 1. The van der Waals surface area contributed by atoms with Gasteiger partial charge in [-0.3, -0.25) is 9.36 Å². The molecule has 0 amide bonds. The molecule has 0 aliphatic carbocycles. The van der Waals surface area contributed by atoms with E-state index in [9.17, 15) is 9.90 Å². The SMILES string of the molecule is C#Cc1ccc(-c2nnc(N[C@@H]3CCCN(C)C3)c(=O)n2C(C)C)c(O)c1. The van der Waals surface area contributed by atoms with E-state index in [0.717, 1.165) is 25.9 Å². The van der Waals surface area contributed by atoms with Crippen LogP contribution >= 0.6 is 0 Å². The molecule has 7 nitrogen and oxygen atoms in total. The average Bonchev–Trinajstić information content (AvgIpc) is 2.63. The number of piperidine rings is 1. The van der Waals surface area contributed by atoms with Crippen molar-refractivity contribution in [3.63, 3.8) is 0 Å². The minimum atomic E-state index is -0.247. The quantitative estimate of drug-likeness (QED) is 0.805. The lowest BCUT2D eigenvalue weighted by Gasteiger charge is -2.30. The Bertz CT molecular complexity index is 929. The van der Waals surface area contributed by atoms with Crippen LogP contribution < -0.4 is 10.9 Å². The highest BCUT2D eigenvalue weighted by Crippen LogP contribution is 2.29. The lowest BCUT2D eigenvalue weighted by Crippen LogP contribution is -2.42. The van der Waals surface area contributed by atoms with Crippen molar-refractivity contribution in [1.29, 1.82) is 0 Å². The molecule has 1 atom stereocenters. The number of aromatic nitrogens is 3. The Morgan fingerprint density at radius 1 is 1.37 bits per heavy atom. The van der Waals surface area contributed by atoms with Crippen molar-refractivity contribution in [3.05, 3.63) is 34.1 Å². The number of likely N-dealkylation sites (N-methyl/N-ethyl adjacent to an activating group) is 1. The Hall–Kier alpha value is -2.85. The predicted molar refractivity (Wildman–Crippen MR) is 106 cm³/mol. The molecule has 1 fully saturated rings. The van der Waals surface area contributed by atoms with Crippen LogP contribution in [0.15, 0.2) is 23.0 Å². The van der Waals surface area contributed by atoms with Crippen molar-refractivity contribution in [2.24, 2.45) is 0 Å². The van der Waals surface area contributed by atoms with Gasteiger partial charge in [-0.25, -0.2) is 0 Å². The van der Waals surface area contributed by atoms with Crippen molar-refractivity contribution in [1.82, 2.24) is 19.7 Å². The summed E-state index contributed by atoms with van der Waals surface area (Å²) in [5, 5.41) is 22.0. The number of rotatable bonds is 4. The zero-order valence-electron chi connectivity index (χ0n) is 15.9. The summed E-state index contributed by atoms with van der Waals surface area (Å²) < 4.78 is 1.55. The molecular formula is C20H25N5O2. The van der Waals surface area contributed by atoms with Gasteiger partial charge in [0.25, 0.3) is 5.56 Å². The molecule has 2 N–H and O–H groups in total. The van der Waals surface area contributed by atoms with Crippen LogP contribution in [0.3, 0.4) is 0 Å². The third-order valence-electron chi connectivity index (χ3n) is 4.78. The summed E-state index contributed by atoms with van der Waals surface area (Å²) in [7, 11) is 2.07. The third kappa shape index (κ3) is 3.96. The summed E-state index contributed by atoms with van der Waals surface area (Å²) in [5.41, 5.74) is 0.738. The minimum Gasteiger partial charge on any atom is -0.507 e. The summed E-state index contributed by atoms with van der Waals surface area (Å²) in [4.78, 5) is 15.3. The fourth-order valence-corrected chi connectivity index (χ4v) is 3.44. The molecular weight excluding hydrogens is 342 g/mol. The Kier molecular flexibility index (Phi) is 5.47. The molecule has 0 unspecified atom stereocenters. The van der Waals surface area contributed by atoms with Gasteiger partial charge in [0, 0.05) is 24.2 Å². The van der Waals surface area contributed by atoms with Crippen LogP contribution in [0, 0.1) is 12.3 Å². The van der Waals surface area contributed by atoms with Gasteiger partial charge in [-0.2, -0.15) is 0 Å². The van der Waals surface area contributed by atoms with Crippen LogP contribution in [0.1, 0.15) is 38.3 Å². The van der Waals surface area contributed by atoms with Crippen molar-refractivity contribution >= 4 is 5.82 Å². The number of terminal acetylenes is 1. The standard InChI is InChI=1S/C20H25N5O2/c1-5-14-8-9-16(17(26)11-14)19-23-22-18(20(27)25(19)13(2)3)21-15-7-6-10-24(4)12-15/h1,8-9,11,13,15,26H,6-7,10,12H2,2-4H3,(H,21,22)/t15-/m1/s1. The first-order chi connectivity index (χ1) is 12.9. The Morgan fingerprint density at radius 3 is 2.78 bits per heavy atom. The van der Waals surface area contributed by atoms with Crippen LogP contribution in [0.4, 0.5) is 5.82 Å². The largest absolute Gasteiger partial charge is 0.507 e. The van der Waals surface area contributed by atoms with Gasteiger partial charge in [0.2, 0.25) is 5.82 Å². The fraction of sp³-hybridized carbons (Fsp3) is 0.450. The Balaban J connectivity index is 2.01. The lowest BCUT2D eigenvalue weighted by molar-refractivity contribution is 0.260. The number of phenolic OH excluding ortho intramolecular Hbond substituents is 1. The molecule has 0 bridgehead atoms. The molecule has 7 heteroatoms. The predicted octanol–water partition coefficient (Wildman–Crippen LogP) is 2.08. The van der Waals surface area contributed by atoms with Crippen LogP contribution in [-0.4, -0.2) is 50.9 Å². The molecule has 27 heavy (non-hydrogen) atoms. The summed E-state index contributed by atoms with van der Waals surface area (Å²) in [5.74, 6) is 3.01. The molecule has 0 saturated carbocycles. The maximum absolute atomic E-state index is 13.1. The highest BCUT2D eigenvalue weighted by molar-refractivity contribution is 5.66. The molecule has 1 aromatic carbocycles. The number of benzene rings is 1. The van der Waals surface area contributed by atoms with E-state index >= 15 is 0 Å². The van der Waals surface area contributed by atoms with E-state index in [1.54, 1.807) is 16.7 Å². The topological polar surface area (TPSA) is 83.3 Å². The lowest BCUT2D eigenvalue weighted by atomic mass is 10.1. The van der Waals surface area contributed by atoms with Gasteiger partial charge in [0.1, 0.15) is 5.75 Å². The first-order valence-electron chi connectivity index (χ1n) is 9.15. The second-order valence-corrected chi connectivity index (χ2v) is 7.26. The molecule has 1 aromatic heterocycles.